The second-order valence-corrected chi connectivity index (χ2v) is 9.59. The van der Waals surface area contributed by atoms with E-state index in [1.165, 1.54) is 0 Å². The van der Waals surface area contributed by atoms with Gasteiger partial charge in [-0.1, -0.05) is 82.3 Å². The van der Waals surface area contributed by atoms with Crippen molar-refractivity contribution in [2.24, 2.45) is 0 Å². The first-order valence-corrected chi connectivity index (χ1v) is 13.2. The summed E-state index contributed by atoms with van der Waals surface area (Å²) in [6.07, 6.45) is 5.33. The summed E-state index contributed by atoms with van der Waals surface area (Å²) in [7, 11) is -0.394. The van der Waals surface area contributed by atoms with Crippen LogP contribution in [-0.2, 0) is 15.9 Å². The first-order valence-electron chi connectivity index (χ1n) is 13.2. The fourth-order valence-electron chi connectivity index (χ4n) is 4.14. The molecular weight excluding hydrogens is 459 g/mol. The molecule has 0 aliphatic carbocycles. The van der Waals surface area contributed by atoms with Crippen LogP contribution in [0.5, 0.6) is 0 Å². The van der Waals surface area contributed by atoms with Crippen LogP contribution in [0.4, 0.5) is 0 Å². The van der Waals surface area contributed by atoms with Crippen LogP contribution < -0.4 is 11.0 Å². The molecule has 2 aromatic heterocycles. The zero-order chi connectivity index (χ0) is 27.2. The molecule has 4 aromatic rings. The van der Waals surface area contributed by atoms with Gasteiger partial charge >= 0.3 is 7.12 Å². The molecule has 194 valence electrons. The van der Waals surface area contributed by atoms with Gasteiger partial charge in [-0.3, -0.25) is 9.78 Å². The molecule has 0 N–H and O–H groups in total. The summed E-state index contributed by atoms with van der Waals surface area (Å²) in [5.74, 6) is 0. The highest BCUT2D eigenvalue weighted by Gasteiger charge is 2.51. The van der Waals surface area contributed by atoms with E-state index in [0.717, 1.165) is 27.5 Å². The average molecular weight is 498 g/mol. The van der Waals surface area contributed by atoms with Gasteiger partial charge in [0.2, 0.25) is 0 Å². The Morgan fingerprint density at radius 3 is 1.97 bits per heavy atom. The molecule has 1 saturated heterocycles. The Kier molecular flexibility index (Phi) is 9.11. The molecule has 3 heterocycles. The minimum absolute atomic E-state index is 0.0483. The molecule has 0 spiro atoms. The number of pyridine rings is 2. The van der Waals surface area contributed by atoms with Crippen molar-refractivity contribution >= 4 is 23.4 Å². The van der Waals surface area contributed by atoms with Gasteiger partial charge in [0.25, 0.3) is 5.56 Å². The molecule has 0 unspecified atom stereocenters. The van der Waals surface area contributed by atoms with Gasteiger partial charge in [0.1, 0.15) is 0 Å². The molecule has 1 aliphatic rings. The van der Waals surface area contributed by atoms with Crippen molar-refractivity contribution in [1.29, 1.82) is 0 Å². The lowest BCUT2D eigenvalue weighted by atomic mass is 9.79. The smallest absolute Gasteiger partial charge is 0.399 e. The second kappa shape index (κ2) is 11.9. The Morgan fingerprint density at radius 1 is 0.784 bits per heavy atom. The Labute approximate surface area is 221 Å². The predicted octanol–water partition coefficient (Wildman–Crippen LogP) is 6.46. The molecule has 1 fully saturated rings. The summed E-state index contributed by atoms with van der Waals surface area (Å²) >= 11 is 0. The van der Waals surface area contributed by atoms with Crippen LogP contribution in [-0.4, -0.2) is 27.9 Å². The lowest BCUT2D eigenvalue weighted by molar-refractivity contribution is 0.00578. The van der Waals surface area contributed by atoms with E-state index in [9.17, 15) is 4.79 Å². The number of benzene rings is 2. The first-order chi connectivity index (χ1) is 17.7. The number of aromatic nitrogens is 2. The Bertz CT molecular complexity index is 1350. The van der Waals surface area contributed by atoms with Crippen LogP contribution >= 0.6 is 0 Å². The van der Waals surface area contributed by atoms with Gasteiger partial charge in [0.05, 0.1) is 23.1 Å². The third-order valence-corrected chi connectivity index (χ3v) is 6.84. The van der Waals surface area contributed by atoms with Crippen LogP contribution in [0.3, 0.4) is 0 Å². The zero-order valence-electron chi connectivity index (χ0n) is 23.4. The van der Waals surface area contributed by atoms with Gasteiger partial charge in [0.15, 0.2) is 0 Å². The molecule has 0 saturated carbocycles. The van der Waals surface area contributed by atoms with E-state index >= 15 is 0 Å². The van der Waals surface area contributed by atoms with E-state index in [0.29, 0.717) is 11.9 Å². The van der Waals surface area contributed by atoms with Crippen molar-refractivity contribution in [1.82, 2.24) is 9.55 Å². The molecule has 5 nitrogen and oxygen atoms in total. The molecular formula is C31H39BN2O3. The van der Waals surface area contributed by atoms with Crippen molar-refractivity contribution in [2.45, 2.75) is 73.1 Å². The number of rotatable bonds is 4. The van der Waals surface area contributed by atoms with E-state index in [2.05, 4.69) is 4.98 Å². The van der Waals surface area contributed by atoms with Crippen LogP contribution in [0.25, 0.3) is 21.9 Å². The summed E-state index contributed by atoms with van der Waals surface area (Å²) in [6, 6.07) is 20.1. The first kappa shape index (κ1) is 28.4. The lowest BCUT2D eigenvalue weighted by Crippen LogP contribution is -2.41. The van der Waals surface area contributed by atoms with Crippen molar-refractivity contribution < 1.29 is 9.31 Å². The fraction of sp³-hybridized carbons (Fsp3) is 0.355. The molecule has 0 atom stereocenters. The second-order valence-electron chi connectivity index (χ2n) is 9.59. The normalized spacial score (nSPS) is 15.4. The van der Waals surface area contributed by atoms with Gasteiger partial charge in [-0.2, -0.15) is 0 Å². The van der Waals surface area contributed by atoms with Gasteiger partial charge in [-0.25, -0.2) is 0 Å². The molecule has 37 heavy (non-hydrogen) atoms. The van der Waals surface area contributed by atoms with Crippen molar-refractivity contribution in [3.05, 3.63) is 95.2 Å². The number of hydrogen-bond donors (Lipinski definition) is 0. The standard InChI is InChI=1S/C27H27BN2O3.2C2H6/c1-26(2)27(3,4)33-28(32-26)21-12-10-19(11-13-21)18-30-15-14-22-23(20-8-6-5-7-9-20)16-29-17-24(22)25(30)31;2*1-2/h5-17H,18H2,1-4H3;2*1-2H3. The Hall–Kier alpha value is -3.22. The van der Waals surface area contributed by atoms with Crippen LogP contribution in [0.15, 0.2) is 84.0 Å². The maximum atomic E-state index is 13.2. The maximum absolute atomic E-state index is 13.2. The van der Waals surface area contributed by atoms with Crippen molar-refractivity contribution in [2.75, 3.05) is 0 Å². The summed E-state index contributed by atoms with van der Waals surface area (Å²) in [6.45, 7) is 16.7. The van der Waals surface area contributed by atoms with Crippen LogP contribution in [0, 0.1) is 0 Å². The molecule has 6 heteroatoms. The summed E-state index contributed by atoms with van der Waals surface area (Å²) in [5, 5.41) is 1.53. The quantitative estimate of drug-likeness (QED) is 0.303. The molecule has 1 aliphatic heterocycles. The topological polar surface area (TPSA) is 53.4 Å². The van der Waals surface area contributed by atoms with E-state index < -0.39 is 7.12 Å². The van der Waals surface area contributed by atoms with Crippen molar-refractivity contribution in [3.8, 4) is 11.1 Å². The highest BCUT2D eigenvalue weighted by molar-refractivity contribution is 6.62. The van der Waals surface area contributed by atoms with Crippen LogP contribution in [0.2, 0.25) is 0 Å². The number of nitrogens with zero attached hydrogens (tertiary/aromatic N) is 2. The van der Waals surface area contributed by atoms with E-state index in [1.54, 1.807) is 10.8 Å². The number of fused-ring (bicyclic) bond motifs is 1. The van der Waals surface area contributed by atoms with E-state index in [-0.39, 0.29) is 16.8 Å². The molecule has 5 rings (SSSR count). The summed E-state index contributed by atoms with van der Waals surface area (Å²) < 4.78 is 14.0. The predicted molar refractivity (Wildman–Crippen MR) is 155 cm³/mol. The fourth-order valence-corrected chi connectivity index (χ4v) is 4.14. The minimum atomic E-state index is -0.394. The third-order valence-electron chi connectivity index (χ3n) is 6.84. The highest BCUT2D eigenvalue weighted by atomic mass is 16.7. The minimum Gasteiger partial charge on any atom is -0.399 e. The van der Waals surface area contributed by atoms with Gasteiger partial charge in [-0.05, 0) is 55.7 Å². The summed E-state index contributed by atoms with van der Waals surface area (Å²) in [5.41, 5.74) is 3.22. The molecule has 2 aromatic carbocycles. The highest BCUT2D eigenvalue weighted by Crippen LogP contribution is 2.36. The van der Waals surface area contributed by atoms with Gasteiger partial charge < -0.3 is 13.9 Å². The largest absolute Gasteiger partial charge is 0.494 e. The monoisotopic (exact) mass is 498 g/mol. The number of hydrogen-bond acceptors (Lipinski definition) is 4. The molecule has 0 bridgehead atoms. The van der Waals surface area contributed by atoms with Gasteiger partial charge in [-0.15, -0.1) is 0 Å². The summed E-state index contributed by atoms with van der Waals surface area (Å²) in [4.78, 5) is 17.6. The van der Waals surface area contributed by atoms with E-state index in [1.807, 2.05) is 128 Å². The molecule has 0 amide bonds. The average Bonchev–Trinajstić information content (AvgIpc) is 3.15. The van der Waals surface area contributed by atoms with E-state index in [4.69, 9.17) is 9.31 Å². The van der Waals surface area contributed by atoms with Gasteiger partial charge in [0, 0.05) is 24.2 Å². The zero-order valence-corrected chi connectivity index (χ0v) is 23.4. The lowest BCUT2D eigenvalue weighted by Gasteiger charge is -2.32. The Balaban J connectivity index is 0.000000907. The van der Waals surface area contributed by atoms with Crippen LogP contribution in [0.1, 0.15) is 61.0 Å². The van der Waals surface area contributed by atoms with Crippen molar-refractivity contribution in [3.63, 3.8) is 0 Å². The molecule has 0 radical (unpaired) electrons. The maximum Gasteiger partial charge on any atom is 0.494 e. The SMILES string of the molecule is CC.CC.CC1(C)OB(c2ccc(Cn3ccc4c(-c5ccccc5)cncc4c3=O)cc2)OC1(C)C. The Morgan fingerprint density at radius 2 is 1.38 bits per heavy atom. The third kappa shape index (κ3) is 5.86.